The lowest BCUT2D eigenvalue weighted by atomic mass is 10.1. The molecule has 28 heavy (non-hydrogen) atoms. The zero-order chi connectivity index (χ0) is 19.3. The Morgan fingerprint density at radius 3 is 2.57 bits per heavy atom. The number of morpholine rings is 1. The van der Waals surface area contributed by atoms with Crippen molar-refractivity contribution in [2.75, 3.05) is 52.5 Å². The zero-order valence-corrected chi connectivity index (χ0v) is 16.6. The molecule has 6 nitrogen and oxygen atoms in total. The number of nitrogens with one attached hydrogen (secondary N) is 2. The van der Waals surface area contributed by atoms with E-state index in [2.05, 4.69) is 45.9 Å². The van der Waals surface area contributed by atoms with Gasteiger partial charge in [0.15, 0.2) is 5.96 Å². The second-order valence-electron chi connectivity index (χ2n) is 6.96. The number of ether oxygens (including phenoxy) is 1. The molecule has 3 rings (SSSR count). The second kappa shape index (κ2) is 12.2. The van der Waals surface area contributed by atoms with Crippen LogP contribution in [-0.2, 0) is 17.6 Å². The van der Waals surface area contributed by atoms with E-state index in [4.69, 9.17) is 14.1 Å². The molecule has 0 unspecified atom stereocenters. The number of nitrogens with zero attached hydrogens (tertiary/aromatic N) is 2. The number of furan rings is 1. The summed E-state index contributed by atoms with van der Waals surface area (Å²) >= 11 is 0. The fourth-order valence-electron chi connectivity index (χ4n) is 3.21. The van der Waals surface area contributed by atoms with Gasteiger partial charge in [-0.3, -0.25) is 9.89 Å². The highest BCUT2D eigenvalue weighted by molar-refractivity contribution is 5.79. The molecule has 0 saturated carbocycles. The van der Waals surface area contributed by atoms with Crippen LogP contribution >= 0.6 is 0 Å². The first-order chi connectivity index (χ1) is 13.9. The molecule has 0 atom stereocenters. The van der Waals surface area contributed by atoms with E-state index in [1.165, 1.54) is 5.56 Å². The van der Waals surface area contributed by atoms with Crippen molar-refractivity contribution in [2.45, 2.75) is 19.3 Å². The number of guanidine groups is 1. The van der Waals surface area contributed by atoms with Crippen molar-refractivity contribution in [3.05, 3.63) is 60.1 Å². The first kappa shape index (κ1) is 20.4. The lowest BCUT2D eigenvalue weighted by Crippen LogP contribution is -2.44. The third-order valence-corrected chi connectivity index (χ3v) is 4.80. The molecule has 0 aliphatic carbocycles. The fourth-order valence-corrected chi connectivity index (χ4v) is 3.21. The Kier molecular flexibility index (Phi) is 8.91. The molecular formula is C22H32N4O2. The second-order valence-corrected chi connectivity index (χ2v) is 6.96. The van der Waals surface area contributed by atoms with Crippen LogP contribution < -0.4 is 10.6 Å². The highest BCUT2D eigenvalue weighted by atomic mass is 16.5. The van der Waals surface area contributed by atoms with Gasteiger partial charge in [0, 0.05) is 45.7 Å². The Labute approximate surface area is 168 Å². The minimum atomic E-state index is 0.801. The van der Waals surface area contributed by atoms with Gasteiger partial charge in [-0.15, -0.1) is 0 Å². The van der Waals surface area contributed by atoms with E-state index in [1.807, 2.05) is 12.1 Å². The number of aryl methyl sites for hydroxylation is 1. The van der Waals surface area contributed by atoms with Crippen molar-refractivity contribution < 1.29 is 9.15 Å². The molecule has 6 heteroatoms. The summed E-state index contributed by atoms with van der Waals surface area (Å²) < 4.78 is 10.8. The average molecular weight is 385 g/mol. The first-order valence-electron chi connectivity index (χ1n) is 10.3. The normalized spacial score (nSPS) is 15.5. The van der Waals surface area contributed by atoms with E-state index < -0.39 is 0 Å². The van der Waals surface area contributed by atoms with Crippen molar-refractivity contribution >= 4 is 5.96 Å². The molecule has 1 saturated heterocycles. The summed E-state index contributed by atoms with van der Waals surface area (Å²) in [6.07, 6.45) is 4.66. The Hall–Kier alpha value is -2.31. The van der Waals surface area contributed by atoms with E-state index in [0.717, 1.165) is 83.5 Å². The van der Waals surface area contributed by atoms with Gasteiger partial charge in [0.1, 0.15) is 5.76 Å². The van der Waals surface area contributed by atoms with Crippen LogP contribution in [0.5, 0.6) is 0 Å². The Bertz CT molecular complexity index is 667. The van der Waals surface area contributed by atoms with E-state index >= 15 is 0 Å². The SMILES string of the molecule is c1ccc(CCCN=C(NCCc2ccco2)NCCN2CCOCC2)cc1. The van der Waals surface area contributed by atoms with Crippen LogP contribution in [0.1, 0.15) is 17.7 Å². The monoisotopic (exact) mass is 384 g/mol. The zero-order valence-electron chi connectivity index (χ0n) is 16.6. The van der Waals surface area contributed by atoms with Gasteiger partial charge in [0.25, 0.3) is 0 Å². The Morgan fingerprint density at radius 1 is 0.964 bits per heavy atom. The molecule has 0 bridgehead atoms. The third kappa shape index (κ3) is 7.74. The largest absolute Gasteiger partial charge is 0.469 e. The van der Waals surface area contributed by atoms with E-state index in [1.54, 1.807) is 6.26 Å². The first-order valence-corrected chi connectivity index (χ1v) is 10.3. The quantitative estimate of drug-likeness (QED) is 0.374. The van der Waals surface area contributed by atoms with Crippen molar-refractivity contribution in [1.82, 2.24) is 15.5 Å². The maximum absolute atomic E-state index is 5.41. The lowest BCUT2D eigenvalue weighted by Gasteiger charge is -2.26. The van der Waals surface area contributed by atoms with Gasteiger partial charge in [-0.05, 0) is 30.5 Å². The van der Waals surface area contributed by atoms with Gasteiger partial charge in [-0.25, -0.2) is 0 Å². The maximum Gasteiger partial charge on any atom is 0.191 e. The molecule has 0 spiro atoms. The predicted octanol–water partition coefficient (Wildman–Crippen LogP) is 2.32. The summed E-state index contributed by atoms with van der Waals surface area (Å²) in [6.45, 7) is 7.19. The van der Waals surface area contributed by atoms with Gasteiger partial charge in [0.05, 0.1) is 19.5 Å². The summed E-state index contributed by atoms with van der Waals surface area (Å²) in [5.74, 6) is 1.87. The summed E-state index contributed by atoms with van der Waals surface area (Å²) in [5.41, 5.74) is 1.37. The van der Waals surface area contributed by atoms with Crippen LogP contribution in [0.3, 0.4) is 0 Å². The summed E-state index contributed by atoms with van der Waals surface area (Å²) in [4.78, 5) is 7.18. The highest BCUT2D eigenvalue weighted by Crippen LogP contribution is 2.02. The Balaban J connectivity index is 1.41. The fraction of sp³-hybridized carbons (Fsp3) is 0.500. The maximum atomic E-state index is 5.41. The van der Waals surface area contributed by atoms with Crippen LogP contribution in [0.2, 0.25) is 0 Å². The molecule has 1 fully saturated rings. The van der Waals surface area contributed by atoms with Crippen LogP contribution in [0.25, 0.3) is 0 Å². The van der Waals surface area contributed by atoms with Crippen molar-refractivity contribution in [1.29, 1.82) is 0 Å². The number of rotatable bonds is 10. The third-order valence-electron chi connectivity index (χ3n) is 4.80. The number of hydrogen-bond acceptors (Lipinski definition) is 4. The van der Waals surface area contributed by atoms with Gasteiger partial charge >= 0.3 is 0 Å². The smallest absolute Gasteiger partial charge is 0.191 e. The number of hydrogen-bond donors (Lipinski definition) is 2. The van der Waals surface area contributed by atoms with E-state index in [9.17, 15) is 0 Å². The van der Waals surface area contributed by atoms with Gasteiger partial charge < -0.3 is 19.8 Å². The Morgan fingerprint density at radius 2 is 1.79 bits per heavy atom. The molecule has 2 N–H and O–H groups in total. The van der Waals surface area contributed by atoms with Crippen LogP contribution in [0, 0.1) is 0 Å². The summed E-state index contributed by atoms with van der Waals surface area (Å²) in [7, 11) is 0. The highest BCUT2D eigenvalue weighted by Gasteiger charge is 2.09. The van der Waals surface area contributed by atoms with Crippen molar-refractivity contribution in [3.63, 3.8) is 0 Å². The molecule has 2 aromatic rings. The summed E-state index contributed by atoms with van der Waals surface area (Å²) in [6, 6.07) is 14.5. The molecular weight excluding hydrogens is 352 g/mol. The van der Waals surface area contributed by atoms with Gasteiger partial charge in [0.2, 0.25) is 0 Å². The standard InChI is InChI=1S/C22H32N4O2/c1-2-6-20(7-3-1)8-4-11-23-22(24-12-10-21-9-5-17-28-21)25-13-14-26-15-18-27-19-16-26/h1-3,5-7,9,17H,4,8,10-16,18-19H2,(H2,23,24,25). The lowest BCUT2D eigenvalue weighted by molar-refractivity contribution is 0.0389. The van der Waals surface area contributed by atoms with E-state index in [-0.39, 0.29) is 0 Å². The molecule has 1 aliphatic rings. The van der Waals surface area contributed by atoms with Gasteiger partial charge in [-0.2, -0.15) is 0 Å². The number of aliphatic imine (C=N–C) groups is 1. The van der Waals surface area contributed by atoms with Gasteiger partial charge in [-0.1, -0.05) is 30.3 Å². The molecule has 0 amide bonds. The molecule has 1 aromatic heterocycles. The molecule has 0 radical (unpaired) electrons. The molecule has 1 aliphatic heterocycles. The van der Waals surface area contributed by atoms with Crippen LogP contribution in [0.4, 0.5) is 0 Å². The predicted molar refractivity (Wildman–Crippen MR) is 113 cm³/mol. The molecule has 1 aromatic carbocycles. The molecule has 2 heterocycles. The van der Waals surface area contributed by atoms with E-state index in [0.29, 0.717) is 0 Å². The minimum Gasteiger partial charge on any atom is -0.469 e. The van der Waals surface area contributed by atoms with Crippen LogP contribution in [-0.4, -0.2) is 63.3 Å². The number of benzene rings is 1. The van der Waals surface area contributed by atoms with Crippen molar-refractivity contribution in [2.24, 2.45) is 4.99 Å². The average Bonchev–Trinajstić information content (AvgIpc) is 3.26. The topological polar surface area (TPSA) is 62.0 Å². The minimum absolute atomic E-state index is 0.801. The summed E-state index contributed by atoms with van der Waals surface area (Å²) in [5, 5.41) is 6.90. The molecule has 152 valence electrons. The van der Waals surface area contributed by atoms with Crippen molar-refractivity contribution in [3.8, 4) is 0 Å². The van der Waals surface area contributed by atoms with Crippen LogP contribution in [0.15, 0.2) is 58.1 Å².